The van der Waals surface area contributed by atoms with E-state index in [1.807, 2.05) is 41.8 Å². The molecule has 13 nitrogen and oxygen atoms in total. The lowest BCUT2D eigenvalue weighted by Gasteiger charge is -2.27. The molecule has 0 radical (unpaired) electrons. The first-order valence-electron chi connectivity index (χ1n) is 17.0. The first-order chi connectivity index (χ1) is 23.8. The highest BCUT2D eigenvalue weighted by molar-refractivity contribution is 7.87. The molecule has 0 spiro atoms. The molecule has 1 saturated carbocycles. The van der Waals surface area contributed by atoms with E-state index < -0.39 is 33.6 Å². The number of rotatable bonds is 7. The number of methoxy groups -OCH3 is 1. The van der Waals surface area contributed by atoms with Gasteiger partial charge in [0.1, 0.15) is 22.3 Å². The smallest absolute Gasteiger partial charge is 0.318 e. The van der Waals surface area contributed by atoms with Gasteiger partial charge in [-0.2, -0.15) is 12.7 Å². The molecular weight excluding hydrogens is 679 g/mol. The topological polar surface area (TPSA) is 163 Å². The predicted octanol–water partition coefficient (Wildman–Crippen LogP) is 4.29. The Balaban J connectivity index is 1.37. The molecule has 1 aromatic carbocycles. The molecule has 50 heavy (non-hydrogen) atoms. The van der Waals surface area contributed by atoms with Crippen LogP contribution < -0.4 is 20.1 Å². The van der Waals surface area contributed by atoms with Crippen molar-refractivity contribution >= 4 is 50.3 Å². The lowest BCUT2D eigenvalue weighted by molar-refractivity contribution is -0.131. The number of fused-ring (bicyclic) bond motifs is 3. The number of pyridine rings is 1. The molecule has 0 bridgehead atoms. The van der Waals surface area contributed by atoms with E-state index in [9.17, 15) is 22.8 Å². The summed E-state index contributed by atoms with van der Waals surface area (Å²) in [5.74, 6) is -1.04. The minimum absolute atomic E-state index is 0.249. The Morgan fingerprint density at radius 2 is 1.96 bits per heavy atom. The van der Waals surface area contributed by atoms with Gasteiger partial charge in [0.15, 0.2) is 0 Å². The molecule has 4 amide bonds. The number of nitrogens with one attached hydrogen (secondary N) is 3. The maximum Gasteiger partial charge on any atom is 0.318 e. The van der Waals surface area contributed by atoms with Crippen molar-refractivity contribution < 1.29 is 27.5 Å². The van der Waals surface area contributed by atoms with Gasteiger partial charge >= 0.3 is 16.2 Å². The molecule has 1 saturated heterocycles. The number of urea groups is 1. The number of aromatic nitrogens is 2. The Labute approximate surface area is 297 Å². The average Bonchev–Trinajstić information content (AvgIpc) is 3.40. The van der Waals surface area contributed by atoms with Crippen molar-refractivity contribution in [3.8, 4) is 16.5 Å². The molecule has 4 heterocycles. The average molecular weight is 724 g/mol. The van der Waals surface area contributed by atoms with Gasteiger partial charge in [-0.1, -0.05) is 32.4 Å². The van der Waals surface area contributed by atoms with Crippen LogP contribution in [0.5, 0.6) is 5.75 Å². The Morgan fingerprint density at radius 1 is 1.16 bits per heavy atom. The van der Waals surface area contributed by atoms with E-state index >= 15 is 0 Å². The summed E-state index contributed by atoms with van der Waals surface area (Å²) >= 11 is 1.52. The van der Waals surface area contributed by atoms with Crippen LogP contribution in [0.15, 0.2) is 41.8 Å². The number of allylic oxidation sites excluding steroid dienone is 1. The molecule has 2 aliphatic heterocycles. The second-order valence-electron chi connectivity index (χ2n) is 13.8. The molecule has 3 aromatic rings. The molecule has 268 valence electrons. The van der Waals surface area contributed by atoms with E-state index in [0.717, 1.165) is 51.6 Å². The quantitative estimate of drug-likeness (QED) is 0.304. The normalized spacial score (nSPS) is 25.3. The number of benzene rings is 1. The van der Waals surface area contributed by atoms with E-state index in [0.29, 0.717) is 23.5 Å². The Morgan fingerprint density at radius 3 is 2.68 bits per heavy atom. The zero-order valence-corrected chi connectivity index (χ0v) is 30.7. The fourth-order valence-electron chi connectivity index (χ4n) is 6.72. The van der Waals surface area contributed by atoms with Crippen LogP contribution in [0, 0.1) is 5.92 Å². The molecule has 4 unspecified atom stereocenters. The molecule has 6 rings (SSSR count). The molecular formula is C35H45N7O6S2. The summed E-state index contributed by atoms with van der Waals surface area (Å²) in [4.78, 5) is 53.0. The monoisotopic (exact) mass is 723 g/mol. The number of ether oxygens (including phenoxy) is 1. The van der Waals surface area contributed by atoms with Gasteiger partial charge in [0.2, 0.25) is 5.91 Å². The van der Waals surface area contributed by atoms with Crippen molar-refractivity contribution in [2.75, 3.05) is 34.3 Å². The summed E-state index contributed by atoms with van der Waals surface area (Å²) < 4.78 is 33.9. The Kier molecular flexibility index (Phi) is 10.2. The van der Waals surface area contributed by atoms with E-state index in [4.69, 9.17) is 14.7 Å². The highest BCUT2D eigenvalue weighted by atomic mass is 32.2. The van der Waals surface area contributed by atoms with Crippen LogP contribution in [0.4, 0.5) is 4.79 Å². The van der Waals surface area contributed by atoms with Gasteiger partial charge in [0.25, 0.3) is 5.91 Å². The molecule has 1 aliphatic carbocycles. The summed E-state index contributed by atoms with van der Waals surface area (Å²) in [6, 6.07) is 6.42. The van der Waals surface area contributed by atoms with Crippen LogP contribution in [0.2, 0.25) is 0 Å². The second-order valence-corrected chi connectivity index (χ2v) is 16.6. The first-order valence-corrected chi connectivity index (χ1v) is 19.4. The minimum Gasteiger partial charge on any atom is -0.497 e. The lowest BCUT2D eigenvalue weighted by Crippen LogP contribution is -2.58. The van der Waals surface area contributed by atoms with Crippen molar-refractivity contribution in [2.45, 2.75) is 75.8 Å². The van der Waals surface area contributed by atoms with Gasteiger partial charge in [-0.25, -0.2) is 19.5 Å². The minimum atomic E-state index is -4.10. The molecule has 2 aromatic heterocycles. The van der Waals surface area contributed by atoms with Crippen LogP contribution >= 0.6 is 11.3 Å². The summed E-state index contributed by atoms with van der Waals surface area (Å²) in [5.41, 5.74) is 1.85. The van der Waals surface area contributed by atoms with Crippen molar-refractivity contribution in [3.05, 3.63) is 53.1 Å². The SMILES string of the molecule is COc1ccc2c(C3CC4C(=O)NC5(C(=O)NS(=O)(=O)N(C)C)CC5/C=C/CCCCCNC(=O)N4C3)cc(-c3nc(C(C)C)cs3)nc2c1. The number of amides is 4. The maximum atomic E-state index is 14.3. The molecule has 15 heteroatoms. The number of hydrogen-bond donors (Lipinski definition) is 3. The van der Waals surface area contributed by atoms with Crippen LogP contribution in [0.1, 0.15) is 75.5 Å². The van der Waals surface area contributed by atoms with Gasteiger partial charge in [-0.3, -0.25) is 9.59 Å². The molecule has 3 N–H and O–H groups in total. The predicted molar refractivity (Wildman–Crippen MR) is 192 cm³/mol. The fraction of sp³-hybridized carbons (Fsp3) is 0.514. The summed E-state index contributed by atoms with van der Waals surface area (Å²) in [6.45, 7) is 4.90. The largest absolute Gasteiger partial charge is 0.497 e. The first kappa shape index (κ1) is 35.7. The third-order valence-electron chi connectivity index (χ3n) is 9.85. The standard InChI is InChI=1S/C35H45N7O6S2/c1-21(2)29-20-49-32(38-29)28-17-26(25-13-12-24(48-5)16-27(25)37-28)22-15-30-31(43)39-35(33(44)40-50(46,47)41(3)4)18-23(35)11-9-7-6-8-10-14-36-34(45)42(30)19-22/h9,11-13,16-17,20-23,30H,6-8,10,14-15,18-19H2,1-5H3,(H,36,45)(H,39,43)(H,40,44)/b11-9+. The molecule has 4 atom stereocenters. The van der Waals surface area contributed by atoms with Crippen LogP contribution in [0.3, 0.4) is 0 Å². The van der Waals surface area contributed by atoms with Gasteiger partial charge < -0.3 is 20.3 Å². The lowest BCUT2D eigenvalue weighted by atomic mass is 9.92. The third kappa shape index (κ3) is 7.21. The van der Waals surface area contributed by atoms with E-state index in [1.54, 1.807) is 12.0 Å². The van der Waals surface area contributed by atoms with Gasteiger partial charge in [0.05, 0.1) is 24.0 Å². The van der Waals surface area contributed by atoms with Crippen molar-refractivity contribution in [2.24, 2.45) is 5.92 Å². The van der Waals surface area contributed by atoms with Crippen LogP contribution in [0.25, 0.3) is 21.6 Å². The van der Waals surface area contributed by atoms with Crippen LogP contribution in [-0.2, 0) is 19.8 Å². The third-order valence-corrected chi connectivity index (χ3v) is 12.1. The van der Waals surface area contributed by atoms with E-state index in [2.05, 4.69) is 29.2 Å². The molecule has 2 fully saturated rings. The second kappa shape index (κ2) is 14.3. The number of hydrogen-bond acceptors (Lipinski definition) is 9. The Hall–Kier alpha value is -4.08. The number of thiazole rings is 1. The van der Waals surface area contributed by atoms with Crippen molar-refractivity contribution in [3.63, 3.8) is 0 Å². The maximum absolute atomic E-state index is 14.3. The summed E-state index contributed by atoms with van der Waals surface area (Å²) in [7, 11) is 0.144. The fourth-order valence-corrected chi connectivity index (χ4v) is 8.26. The molecule has 3 aliphatic rings. The van der Waals surface area contributed by atoms with Gasteiger partial charge in [-0.05, 0) is 61.8 Å². The number of carbonyl (C=O) groups is 3. The number of carbonyl (C=O) groups excluding carboxylic acids is 3. The highest BCUT2D eigenvalue weighted by Gasteiger charge is 2.61. The van der Waals surface area contributed by atoms with E-state index in [1.165, 1.54) is 25.4 Å². The summed E-state index contributed by atoms with van der Waals surface area (Å²) in [6.07, 6.45) is 7.77. The van der Waals surface area contributed by atoms with Gasteiger partial charge in [0, 0.05) is 55.9 Å². The Bertz CT molecular complexity index is 1930. The summed E-state index contributed by atoms with van der Waals surface area (Å²) in [5, 5.41) is 9.61. The zero-order valence-electron chi connectivity index (χ0n) is 29.1. The van der Waals surface area contributed by atoms with Crippen molar-refractivity contribution in [1.29, 1.82) is 0 Å². The van der Waals surface area contributed by atoms with Crippen molar-refractivity contribution in [1.82, 2.24) is 34.5 Å². The highest BCUT2D eigenvalue weighted by Crippen LogP contribution is 2.46. The zero-order chi connectivity index (χ0) is 35.8. The van der Waals surface area contributed by atoms with Gasteiger partial charge in [-0.15, -0.1) is 11.3 Å². The van der Waals surface area contributed by atoms with Crippen LogP contribution in [-0.4, -0.2) is 91.3 Å². The van der Waals surface area contributed by atoms with E-state index in [-0.39, 0.29) is 43.2 Å². The number of nitrogens with zero attached hydrogens (tertiary/aromatic N) is 4.